The number of ketones is 1. The molecule has 124 valence electrons. The lowest BCUT2D eigenvalue weighted by Gasteiger charge is -2.62. The van der Waals surface area contributed by atoms with E-state index in [0.717, 1.165) is 19.3 Å². The summed E-state index contributed by atoms with van der Waals surface area (Å²) in [5, 5.41) is 11.2. The van der Waals surface area contributed by atoms with E-state index in [9.17, 15) is 9.90 Å². The average Bonchev–Trinajstić information content (AvgIpc) is 2.65. The summed E-state index contributed by atoms with van der Waals surface area (Å²) in [5.41, 5.74) is 0.612. The number of hydrogen-bond donors (Lipinski definition) is 1. The number of fused-ring (bicyclic) bond motifs is 4. The molecule has 3 aliphatic rings. The van der Waals surface area contributed by atoms with Crippen LogP contribution in [-0.4, -0.2) is 16.5 Å². The first kappa shape index (κ1) is 16.2. The smallest absolute Gasteiger partial charge is 0.140 e. The average molecular weight is 304 g/mol. The Bertz CT molecular complexity index is 502. The SMILES string of the molecule is C/C1=C\CC[C@](C)(O)[C@@H]2C(C(=O)C1)[C@@]1(C)CC[C@H](C(C)C)C21. The van der Waals surface area contributed by atoms with Crippen LogP contribution in [0.25, 0.3) is 0 Å². The lowest BCUT2D eigenvalue weighted by atomic mass is 9.42. The summed E-state index contributed by atoms with van der Waals surface area (Å²) >= 11 is 0. The molecule has 3 rings (SSSR count). The fourth-order valence-corrected chi connectivity index (χ4v) is 6.15. The fourth-order valence-electron chi connectivity index (χ4n) is 6.15. The molecule has 0 heterocycles. The third-order valence-corrected chi connectivity index (χ3v) is 7.21. The Balaban J connectivity index is 2.00. The van der Waals surface area contributed by atoms with Gasteiger partial charge >= 0.3 is 0 Å². The predicted octanol–water partition coefficient (Wildman–Crippen LogP) is 4.37. The third-order valence-electron chi connectivity index (χ3n) is 7.21. The van der Waals surface area contributed by atoms with E-state index in [0.29, 0.717) is 30.0 Å². The highest BCUT2D eigenvalue weighted by Gasteiger charge is 2.69. The molecule has 0 bridgehead atoms. The van der Waals surface area contributed by atoms with Gasteiger partial charge in [0, 0.05) is 18.3 Å². The van der Waals surface area contributed by atoms with E-state index in [1.165, 1.54) is 12.0 Å². The van der Waals surface area contributed by atoms with Crippen LogP contribution in [0.3, 0.4) is 0 Å². The van der Waals surface area contributed by atoms with Crippen LogP contribution < -0.4 is 0 Å². The minimum atomic E-state index is -0.705. The Morgan fingerprint density at radius 3 is 2.55 bits per heavy atom. The predicted molar refractivity (Wildman–Crippen MR) is 89.4 cm³/mol. The van der Waals surface area contributed by atoms with Gasteiger partial charge in [0.05, 0.1) is 5.60 Å². The van der Waals surface area contributed by atoms with Crippen LogP contribution >= 0.6 is 0 Å². The Morgan fingerprint density at radius 1 is 1.23 bits per heavy atom. The van der Waals surface area contributed by atoms with Crippen LogP contribution in [0.4, 0.5) is 0 Å². The van der Waals surface area contributed by atoms with E-state index in [4.69, 9.17) is 0 Å². The highest BCUT2D eigenvalue weighted by atomic mass is 16.3. The van der Waals surface area contributed by atoms with Crippen molar-refractivity contribution in [2.75, 3.05) is 0 Å². The molecule has 0 saturated heterocycles. The van der Waals surface area contributed by atoms with Crippen molar-refractivity contribution in [3.05, 3.63) is 11.6 Å². The molecule has 1 N–H and O–H groups in total. The van der Waals surface area contributed by atoms with Gasteiger partial charge in [-0.25, -0.2) is 0 Å². The fraction of sp³-hybridized carbons (Fsp3) is 0.850. The Labute approximate surface area is 135 Å². The van der Waals surface area contributed by atoms with Gasteiger partial charge in [-0.3, -0.25) is 4.79 Å². The highest BCUT2D eigenvalue weighted by Crippen LogP contribution is 2.70. The van der Waals surface area contributed by atoms with Gasteiger partial charge in [0.15, 0.2) is 0 Å². The molecule has 0 spiro atoms. The zero-order valence-corrected chi connectivity index (χ0v) is 14.9. The minimum absolute atomic E-state index is 0.0673. The van der Waals surface area contributed by atoms with Crippen molar-refractivity contribution in [3.8, 4) is 0 Å². The number of aliphatic hydroxyl groups is 1. The van der Waals surface area contributed by atoms with Gasteiger partial charge in [0.25, 0.3) is 0 Å². The van der Waals surface area contributed by atoms with Gasteiger partial charge in [-0.2, -0.15) is 0 Å². The number of allylic oxidation sites excluding steroid dienone is 2. The number of Topliss-reactive ketones (excluding diaryl/α,β-unsaturated/α-hetero) is 1. The molecule has 0 aromatic heterocycles. The van der Waals surface area contributed by atoms with Gasteiger partial charge in [-0.05, 0) is 62.7 Å². The first-order valence-corrected chi connectivity index (χ1v) is 9.09. The maximum Gasteiger partial charge on any atom is 0.140 e. The van der Waals surface area contributed by atoms with Crippen molar-refractivity contribution >= 4 is 5.78 Å². The van der Waals surface area contributed by atoms with Crippen molar-refractivity contribution in [3.63, 3.8) is 0 Å². The van der Waals surface area contributed by atoms with Gasteiger partial charge in [-0.1, -0.05) is 32.4 Å². The second-order valence-corrected chi connectivity index (χ2v) is 9.07. The van der Waals surface area contributed by atoms with E-state index in [-0.39, 0.29) is 17.3 Å². The van der Waals surface area contributed by atoms with Gasteiger partial charge in [0.1, 0.15) is 5.78 Å². The monoisotopic (exact) mass is 304 g/mol. The molecule has 0 aromatic rings. The molecular formula is C20H32O2. The first-order chi connectivity index (χ1) is 10.2. The minimum Gasteiger partial charge on any atom is -0.390 e. The van der Waals surface area contributed by atoms with Crippen molar-refractivity contribution in [1.82, 2.24) is 0 Å². The molecule has 0 aromatic carbocycles. The molecule has 2 nitrogen and oxygen atoms in total. The molecular weight excluding hydrogens is 272 g/mol. The van der Waals surface area contributed by atoms with Crippen LogP contribution in [0.15, 0.2) is 11.6 Å². The van der Waals surface area contributed by atoms with E-state index < -0.39 is 5.60 Å². The number of carbonyl (C=O) groups is 1. The second-order valence-electron chi connectivity index (χ2n) is 9.07. The Morgan fingerprint density at radius 2 is 1.91 bits per heavy atom. The third kappa shape index (κ3) is 2.21. The lowest BCUT2D eigenvalue weighted by molar-refractivity contribution is -0.202. The van der Waals surface area contributed by atoms with Crippen LogP contribution in [0.2, 0.25) is 0 Å². The van der Waals surface area contributed by atoms with E-state index in [1.807, 2.05) is 6.92 Å². The standard InChI is InChI=1S/C20H32O2/c1-12(2)14-8-10-19(4)16(14)18-17(19)15(21)11-13(3)7-6-9-20(18,5)22/h7,12,14,16-18,22H,6,8-11H2,1-5H3/b13-7+/t14-,16?,17?,18+,19+,20+/m1/s1. The molecule has 0 aliphatic heterocycles. The van der Waals surface area contributed by atoms with Gasteiger partial charge in [0.2, 0.25) is 0 Å². The highest BCUT2D eigenvalue weighted by molar-refractivity contribution is 5.85. The molecule has 0 radical (unpaired) electrons. The van der Waals surface area contributed by atoms with Gasteiger partial charge in [-0.15, -0.1) is 0 Å². The summed E-state index contributed by atoms with van der Waals surface area (Å²) in [6, 6.07) is 0. The molecule has 2 saturated carbocycles. The largest absolute Gasteiger partial charge is 0.390 e. The maximum absolute atomic E-state index is 13.0. The topological polar surface area (TPSA) is 37.3 Å². The van der Waals surface area contributed by atoms with Crippen LogP contribution in [-0.2, 0) is 4.79 Å². The normalized spacial score (nSPS) is 51.0. The number of hydrogen-bond acceptors (Lipinski definition) is 2. The summed E-state index contributed by atoms with van der Waals surface area (Å²) in [5.74, 6) is 2.45. The van der Waals surface area contributed by atoms with Crippen molar-refractivity contribution in [1.29, 1.82) is 0 Å². The Kier molecular flexibility index (Phi) is 3.83. The van der Waals surface area contributed by atoms with Crippen LogP contribution in [0.5, 0.6) is 0 Å². The number of rotatable bonds is 1. The van der Waals surface area contributed by atoms with Crippen LogP contribution in [0.1, 0.15) is 66.7 Å². The summed E-state index contributed by atoms with van der Waals surface area (Å²) in [7, 11) is 0. The zero-order valence-electron chi connectivity index (χ0n) is 14.9. The molecule has 2 unspecified atom stereocenters. The van der Waals surface area contributed by atoms with Crippen molar-refractivity contribution in [2.45, 2.75) is 72.3 Å². The summed E-state index contributed by atoms with van der Waals surface area (Å²) in [4.78, 5) is 13.0. The first-order valence-electron chi connectivity index (χ1n) is 9.09. The molecule has 0 amide bonds. The van der Waals surface area contributed by atoms with E-state index >= 15 is 0 Å². The van der Waals surface area contributed by atoms with E-state index in [2.05, 4.69) is 33.8 Å². The lowest BCUT2D eigenvalue weighted by Crippen LogP contribution is -2.64. The zero-order chi connectivity index (χ0) is 16.3. The summed E-state index contributed by atoms with van der Waals surface area (Å²) in [6.45, 7) is 11.0. The summed E-state index contributed by atoms with van der Waals surface area (Å²) < 4.78 is 0. The molecule has 6 atom stereocenters. The van der Waals surface area contributed by atoms with Crippen LogP contribution in [0, 0.1) is 35.0 Å². The summed E-state index contributed by atoms with van der Waals surface area (Å²) in [6.07, 6.45) is 6.82. The Hall–Kier alpha value is -0.630. The molecule has 2 heteroatoms. The van der Waals surface area contributed by atoms with Crippen molar-refractivity contribution < 1.29 is 9.90 Å². The number of carbonyl (C=O) groups excluding carboxylic acids is 1. The maximum atomic E-state index is 13.0. The molecule has 3 aliphatic carbocycles. The second kappa shape index (κ2) is 5.19. The van der Waals surface area contributed by atoms with Gasteiger partial charge < -0.3 is 5.11 Å². The molecule has 2 fully saturated rings. The quantitative estimate of drug-likeness (QED) is 0.730. The van der Waals surface area contributed by atoms with Crippen molar-refractivity contribution in [2.24, 2.45) is 35.0 Å². The molecule has 22 heavy (non-hydrogen) atoms. The van der Waals surface area contributed by atoms with E-state index in [1.54, 1.807) is 0 Å².